The van der Waals surface area contributed by atoms with Gasteiger partial charge in [0, 0.05) is 11.0 Å². The van der Waals surface area contributed by atoms with Crippen LogP contribution in [0, 0.1) is 6.92 Å². The molecule has 0 aliphatic heterocycles. The number of aryl methyl sites for hydroxylation is 1. The van der Waals surface area contributed by atoms with Crippen molar-refractivity contribution in [3.8, 4) is 0 Å². The van der Waals surface area contributed by atoms with E-state index in [2.05, 4.69) is 52.4 Å². The van der Waals surface area contributed by atoms with Crippen molar-refractivity contribution in [1.29, 1.82) is 0 Å². The Labute approximate surface area is 128 Å². The molecule has 0 unspecified atom stereocenters. The first-order chi connectivity index (χ1) is 9.63. The summed E-state index contributed by atoms with van der Waals surface area (Å²) >= 11 is 3.38. The van der Waals surface area contributed by atoms with Gasteiger partial charge in [0.05, 0.1) is 6.42 Å². The molecule has 0 aliphatic carbocycles. The summed E-state index contributed by atoms with van der Waals surface area (Å²) in [7, 11) is 0. The van der Waals surface area contributed by atoms with Gasteiger partial charge in [0.2, 0.25) is 5.91 Å². The van der Waals surface area contributed by atoms with Gasteiger partial charge in [-0.2, -0.15) is 0 Å². The van der Waals surface area contributed by atoms with Crippen LogP contribution < -0.4 is 5.32 Å². The number of rotatable bonds is 5. The number of hydrogen-bond acceptors (Lipinski definition) is 1. The van der Waals surface area contributed by atoms with Crippen LogP contribution in [0.5, 0.6) is 0 Å². The lowest BCUT2D eigenvalue weighted by Gasteiger charge is -2.06. The molecule has 3 heteroatoms. The average Bonchev–Trinajstić information content (AvgIpc) is 2.44. The minimum atomic E-state index is 0.0689. The second-order valence-electron chi connectivity index (χ2n) is 4.89. The fourth-order valence-corrected chi connectivity index (χ4v) is 2.22. The zero-order valence-corrected chi connectivity index (χ0v) is 13.1. The van der Waals surface area contributed by atoms with Crippen molar-refractivity contribution < 1.29 is 4.79 Å². The van der Waals surface area contributed by atoms with E-state index in [1.807, 2.05) is 24.3 Å². The van der Waals surface area contributed by atoms with Crippen molar-refractivity contribution in [3.63, 3.8) is 0 Å². The Bertz CT molecular complexity index is 561. The van der Waals surface area contributed by atoms with E-state index in [1.165, 1.54) is 11.1 Å². The summed E-state index contributed by atoms with van der Waals surface area (Å²) in [6.07, 6.45) is 1.30. The van der Waals surface area contributed by atoms with Gasteiger partial charge < -0.3 is 5.32 Å². The van der Waals surface area contributed by atoms with Crippen molar-refractivity contribution in [3.05, 3.63) is 69.7 Å². The van der Waals surface area contributed by atoms with Gasteiger partial charge in [-0.25, -0.2) is 0 Å². The summed E-state index contributed by atoms with van der Waals surface area (Å²) in [6, 6.07) is 16.2. The molecule has 0 fully saturated rings. The molecular weight excluding hydrogens is 314 g/mol. The predicted molar refractivity (Wildman–Crippen MR) is 85.7 cm³/mol. The number of nitrogens with one attached hydrogen (secondary N) is 1. The van der Waals surface area contributed by atoms with Crippen molar-refractivity contribution >= 4 is 21.8 Å². The first-order valence-corrected chi connectivity index (χ1v) is 7.49. The summed E-state index contributed by atoms with van der Waals surface area (Å²) in [5.74, 6) is 0.0689. The summed E-state index contributed by atoms with van der Waals surface area (Å²) in [6.45, 7) is 2.75. The van der Waals surface area contributed by atoms with Crippen LogP contribution in [0.25, 0.3) is 0 Å². The molecule has 0 saturated carbocycles. The molecule has 0 atom stereocenters. The first-order valence-electron chi connectivity index (χ1n) is 6.70. The molecule has 2 rings (SSSR count). The monoisotopic (exact) mass is 331 g/mol. The van der Waals surface area contributed by atoms with E-state index < -0.39 is 0 Å². The number of carbonyl (C=O) groups is 1. The van der Waals surface area contributed by atoms with Crippen LogP contribution in [0.2, 0.25) is 0 Å². The van der Waals surface area contributed by atoms with Gasteiger partial charge in [0.15, 0.2) is 0 Å². The van der Waals surface area contributed by atoms with Crippen LogP contribution in [-0.4, -0.2) is 12.5 Å². The predicted octanol–water partition coefficient (Wildman–Crippen LogP) is 3.66. The standard InChI is InChI=1S/C17H18BrNO/c1-13-2-4-14(5-3-13)10-11-19-17(20)12-15-6-8-16(18)9-7-15/h2-9H,10-12H2,1H3,(H,19,20). The fraction of sp³-hybridized carbons (Fsp3) is 0.235. The Kier molecular flexibility index (Phi) is 5.36. The maximum Gasteiger partial charge on any atom is 0.224 e. The molecule has 1 N–H and O–H groups in total. The van der Waals surface area contributed by atoms with Crippen molar-refractivity contribution in [1.82, 2.24) is 5.32 Å². The van der Waals surface area contributed by atoms with E-state index in [1.54, 1.807) is 0 Å². The number of carbonyl (C=O) groups excluding carboxylic acids is 1. The second-order valence-corrected chi connectivity index (χ2v) is 5.80. The van der Waals surface area contributed by atoms with Gasteiger partial charge >= 0.3 is 0 Å². The van der Waals surface area contributed by atoms with E-state index in [9.17, 15) is 4.79 Å². The molecule has 2 aromatic rings. The third-order valence-electron chi connectivity index (χ3n) is 3.13. The highest BCUT2D eigenvalue weighted by molar-refractivity contribution is 9.10. The number of halogens is 1. The number of amides is 1. The van der Waals surface area contributed by atoms with Crippen molar-refractivity contribution in [2.75, 3.05) is 6.54 Å². The zero-order chi connectivity index (χ0) is 14.4. The number of benzene rings is 2. The van der Waals surface area contributed by atoms with Gasteiger partial charge in [-0.3, -0.25) is 4.79 Å². The third kappa shape index (κ3) is 4.82. The molecule has 2 nitrogen and oxygen atoms in total. The molecule has 0 bridgehead atoms. The van der Waals surface area contributed by atoms with Gasteiger partial charge in [-0.15, -0.1) is 0 Å². The molecule has 104 valence electrons. The maximum absolute atomic E-state index is 11.8. The topological polar surface area (TPSA) is 29.1 Å². The van der Waals surface area contributed by atoms with Crippen LogP contribution in [-0.2, 0) is 17.6 Å². The maximum atomic E-state index is 11.8. The SMILES string of the molecule is Cc1ccc(CCNC(=O)Cc2ccc(Br)cc2)cc1. The summed E-state index contributed by atoms with van der Waals surface area (Å²) in [4.78, 5) is 11.8. The fourth-order valence-electron chi connectivity index (χ4n) is 1.95. The van der Waals surface area contributed by atoms with Crippen LogP contribution in [0.3, 0.4) is 0 Å². The Morgan fingerprint density at radius 2 is 1.60 bits per heavy atom. The van der Waals surface area contributed by atoms with Crippen LogP contribution >= 0.6 is 15.9 Å². The largest absolute Gasteiger partial charge is 0.355 e. The highest BCUT2D eigenvalue weighted by Crippen LogP contribution is 2.10. The third-order valence-corrected chi connectivity index (χ3v) is 3.66. The Morgan fingerprint density at radius 1 is 1.00 bits per heavy atom. The Morgan fingerprint density at radius 3 is 2.25 bits per heavy atom. The van der Waals surface area contributed by atoms with Crippen LogP contribution in [0.15, 0.2) is 53.0 Å². The highest BCUT2D eigenvalue weighted by atomic mass is 79.9. The lowest BCUT2D eigenvalue weighted by atomic mass is 10.1. The lowest BCUT2D eigenvalue weighted by Crippen LogP contribution is -2.27. The minimum absolute atomic E-state index is 0.0689. The van der Waals surface area contributed by atoms with Crippen LogP contribution in [0.1, 0.15) is 16.7 Å². The summed E-state index contributed by atoms with van der Waals surface area (Å²) in [5, 5.41) is 2.96. The van der Waals surface area contributed by atoms with Gasteiger partial charge in [-0.05, 0) is 36.6 Å². The molecule has 2 aromatic carbocycles. The van der Waals surface area contributed by atoms with Crippen molar-refractivity contribution in [2.24, 2.45) is 0 Å². The first kappa shape index (κ1) is 14.8. The molecule has 0 spiro atoms. The zero-order valence-electron chi connectivity index (χ0n) is 11.5. The molecule has 1 amide bonds. The van der Waals surface area contributed by atoms with E-state index in [4.69, 9.17) is 0 Å². The molecule has 0 aromatic heterocycles. The lowest BCUT2D eigenvalue weighted by molar-refractivity contribution is -0.120. The van der Waals surface area contributed by atoms with E-state index >= 15 is 0 Å². The van der Waals surface area contributed by atoms with Crippen molar-refractivity contribution in [2.45, 2.75) is 19.8 Å². The smallest absolute Gasteiger partial charge is 0.224 e. The minimum Gasteiger partial charge on any atom is -0.355 e. The molecule has 20 heavy (non-hydrogen) atoms. The van der Waals surface area contributed by atoms with E-state index in [-0.39, 0.29) is 5.91 Å². The Hall–Kier alpha value is -1.61. The van der Waals surface area contributed by atoms with Gasteiger partial charge in [0.25, 0.3) is 0 Å². The highest BCUT2D eigenvalue weighted by Gasteiger charge is 2.03. The molecule has 0 saturated heterocycles. The Balaban J connectivity index is 1.75. The average molecular weight is 332 g/mol. The van der Waals surface area contributed by atoms with Gasteiger partial charge in [0.1, 0.15) is 0 Å². The molecule has 0 radical (unpaired) electrons. The van der Waals surface area contributed by atoms with Crippen LogP contribution in [0.4, 0.5) is 0 Å². The molecule has 0 aliphatic rings. The summed E-state index contributed by atoms with van der Waals surface area (Å²) < 4.78 is 1.03. The quantitative estimate of drug-likeness (QED) is 0.890. The summed E-state index contributed by atoms with van der Waals surface area (Å²) in [5.41, 5.74) is 3.54. The molecular formula is C17H18BrNO. The normalized spacial score (nSPS) is 10.3. The molecule has 0 heterocycles. The van der Waals surface area contributed by atoms with E-state index in [0.717, 1.165) is 16.5 Å². The van der Waals surface area contributed by atoms with Gasteiger partial charge in [-0.1, -0.05) is 57.9 Å². The second kappa shape index (κ2) is 7.25. The van der Waals surface area contributed by atoms with E-state index in [0.29, 0.717) is 13.0 Å². The number of hydrogen-bond donors (Lipinski definition) is 1.